The number of nitrogens with zero attached hydrogens (tertiary/aromatic N) is 2. The second-order valence-electron chi connectivity index (χ2n) is 4.12. The van der Waals surface area contributed by atoms with Gasteiger partial charge in [0.2, 0.25) is 0 Å². The first kappa shape index (κ1) is 13.2. The molecule has 2 aromatic rings. The van der Waals surface area contributed by atoms with Crippen molar-refractivity contribution >= 4 is 22.8 Å². The number of nitriles is 1. The average Bonchev–Trinajstić information content (AvgIpc) is 2.78. The Balaban J connectivity index is 2.04. The van der Waals surface area contributed by atoms with E-state index in [4.69, 9.17) is 5.26 Å². The molecule has 0 saturated carbocycles. The number of rotatable bonds is 4. The number of carbonyl (C=O) groups excluding carboxylic acids is 1. The molecule has 0 atom stereocenters. The molecule has 0 unspecified atom stereocenters. The van der Waals surface area contributed by atoms with E-state index in [0.717, 1.165) is 21.3 Å². The third kappa shape index (κ3) is 3.18. The highest BCUT2D eigenvalue weighted by Crippen LogP contribution is 2.19. The number of anilines is 1. The van der Waals surface area contributed by atoms with Gasteiger partial charge in [0, 0.05) is 12.6 Å². The number of thiazole rings is 1. The minimum Gasteiger partial charge on any atom is -0.379 e. The predicted molar refractivity (Wildman–Crippen MR) is 75.3 cm³/mol. The number of aromatic nitrogens is 1. The molecule has 1 aromatic carbocycles. The summed E-state index contributed by atoms with van der Waals surface area (Å²) in [6.07, 6.45) is 0. The van der Waals surface area contributed by atoms with Gasteiger partial charge in [-0.05, 0) is 31.2 Å². The Kier molecular flexibility index (Phi) is 3.93. The molecule has 0 spiro atoms. The summed E-state index contributed by atoms with van der Waals surface area (Å²) in [7, 11) is 0. The summed E-state index contributed by atoms with van der Waals surface area (Å²) >= 11 is 1.42. The molecule has 0 bridgehead atoms. The summed E-state index contributed by atoms with van der Waals surface area (Å²) < 4.78 is 0. The number of aryl methyl sites for hydroxylation is 1. The van der Waals surface area contributed by atoms with Crippen molar-refractivity contribution in [1.82, 2.24) is 4.98 Å². The van der Waals surface area contributed by atoms with Crippen molar-refractivity contribution in [1.29, 1.82) is 5.26 Å². The highest BCUT2D eigenvalue weighted by atomic mass is 32.1. The molecule has 0 fully saturated rings. The standard InChI is InChI=1S/C14H13N3OS/c1-9-14(10(2)18)19-13(17-9)8-16-12-5-3-11(7-15)4-6-12/h3-6,16H,8H2,1-2H3. The number of Topliss-reactive ketones (excluding diaryl/α,β-unsaturated/α-hetero) is 1. The van der Waals surface area contributed by atoms with Crippen LogP contribution in [0.4, 0.5) is 5.69 Å². The van der Waals surface area contributed by atoms with Crippen molar-refractivity contribution in [2.45, 2.75) is 20.4 Å². The number of hydrogen-bond donors (Lipinski definition) is 1. The van der Waals surface area contributed by atoms with Crippen LogP contribution in [-0.2, 0) is 6.54 Å². The second kappa shape index (κ2) is 5.63. The molecular formula is C14H13N3OS. The van der Waals surface area contributed by atoms with E-state index < -0.39 is 0 Å². The summed E-state index contributed by atoms with van der Waals surface area (Å²) in [6, 6.07) is 9.30. The van der Waals surface area contributed by atoms with Gasteiger partial charge >= 0.3 is 0 Å². The molecule has 0 aliphatic heterocycles. The summed E-state index contributed by atoms with van der Waals surface area (Å²) in [5, 5.41) is 12.8. The van der Waals surface area contributed by atoms with Gasteiger partial charge in [-0.2, -0.15) is 5.26 Å². The molecule has 0 radical (unpaired) electrons. The molecule has 1 aromatic heterocycles. The van der Waals surface area contributed by atoms with Gasteiger partial charge in [-0.15, -0.1) is 11.3 Å². The van der Waals surface area contributed by atoms with E-state index in [1.165, 1.54) is 11.3 Å². The van der Waals surface area contributed by atoms with E-state index in [2.05, 4.69) is 16.4 Å². The van der Waals surface area contributed by atoms with Gasteiger partial charge in [0.1, 0.15) is 5.01 Å². The molecule has 0 amide bonds. The maximum atomic E-state index is 11.3. The van der Waals surface area contributed by atoms with Crippen molar-refractivity contribution in [3.63, 3.8) is 0 Å². The van der Waals surface area contributed by atoms with Gasteiger partial charge in [0.15, 0.2) is 5.78 Å². The van der Waals surface area contributed by atoms with Crippen molar-refractivity contribution < 1.29 is 4.79 Å². The van der Waals surface area contributed by atoms with Crippen LogP contribution in [0.2, 0.25) is 0 Å². The average molecular weight is 271 g/mol. The largest absolute Gasteiger partial charge is 0.379 e. The maximum absolute atomic E-state index is 11.3. The smallest absolute Gasteiger partial charge is 0.171 e. The predicted octanol–water partition coefficient (Wildman–Crippen LogP) is 3.14. The quantitative estimate of drug-likeness (QED) is 0.867. The fraction of sp³-hybridized carbons (Fsp3) is 0.214. The van der Waals surface area contributed by atoms with Crippen LogP contribution in [0.1, 0.15) is 32.9 Å². The van der Waals surface area contributed by atoms with E-state index in [1.807, 2.05) is 19.1 Å². The topological polar surface area (TPSA) is 65.8 Å². The zero-order valence-corrected chi connectivity index (χ0v) is 11.5. The first-order valence-corrected chi connectivity index (χ1v) is 6.63. The number of carbonyl (C=O) groups is 1. The molecule has 0 saturated heterocycles. The minimum absolute atomic E-state index is 0.0552. The van der Waals surface area contributed by atoms with Gasteiger partial charge in [-0.1, -0.05) is 0 Å². The van der Waals surface area contributed by atoms with Gasteiger partial charge < -0.3 is 5.32 Å². The van der Waals surface area contributed by atoms with Gasteiger partial charge in [-0.25, -0.2) is 4.98 Å². The Morgan fingerprint density at radius 2 is 2.11 bits per heavy atom. The summed E-state index contributed by atoms with van der Waals surface area (Å²) in [6.45, 7) is 3.97. The number of benzene rings is 1. The van der Waals surface area contributed by atoms with E-state index in [9.17, 15) is 4.79 Å². The van der Waals surface area contributed by atoms with Crippen molar-refractivity contribution in [2.24, 2.45) is 0 Å². The fourth-order valence-corrected chi connectivity index (χ4v) is 2.59. The van der Waals surface area contributed by atoms with E-state index in [-0.39, 0.29) is 5.78 Å². The molecule has 2 rings (SSSR count). The summed E-state index contributed by atoms with van der Waals surface area (Å²) in [4.78, 5) is 16.4. The zero-order valence-electron chi connectivity index (χ0n) is 10.7. The van der Waals surface area contributed by atoms with Crippen LogP contribution in [0.3, 0.4) is 0 Å². The molecule has 0 aliphatic rings. The Morgan fingerprint density at radius 1 is 1.42 bits per heavy atom. The first-order chi connectivity index (χ1) is 9.10. The first-order valence-electron chi connectivity index (χ1n) is 5.81. The minimum atomic E-state index is 0.0552. The lowest BCUT2D eigenvalue weighted by atomic mass is 10.2. The van der Waals surface area contributed by atoms with E-state index in [1.54, 1.807) is 19.1 Å². The molecule has 5 heteroatoms. The molecule has 0 aliphatic carbocycles. The van der Waals surface area contributed by atoms with Crippen LogP contribution in [0, 0.1) is 18.3 Å². The van der Waals surface area contributed by atoms with Crippen LogP contribution in [0.5, 0.6) is 0 Å². The second-order valence-corrected chi connectivity index (χ2v) is 5.20. The Bertz CT molecular complexity index is 638. The molecule has 96 valence electrons. The molecule has 1 N–H and O–H groups in total. The van der Waals surface area contributed by atoms with Gasteiger partial charge in [0.05, 0.1) is 28.7 Å². The fourth-order valence-electron chi connectivity index (χ4n) is 1.69. The summed E-state index contributed by atoms with van der Waals surface area (Å²) in [5.41, 5.74) is 2.35. The van der Waals surface area contributed by atoms with Crippen LogP contribution < -0.4 is 5.32 Å². The lowest BCUT2D eigenvalue weighted by Gasteiger charge is -2.03. The van der Waals surface area contributed by atoms with Crippen molar-refractivity contribution in [3.05, 3.63) is 45.4 Å². The zero-order chi connectivity index (χ0) is 13.8. The Labute approximate surface area is 115 Å². The van der Waals surface area contributed by atoms with Crippen molar-refractivity contribution in [3.8, 4) is 6.07 Å². The third-order valence-electron chi connectivity index (χ3n) is 2.62. The number of ketones is 1. The SMILES string of the molecule is CC(=O)c1sc(CNc2ccc(C#N)cc2)nc1C. The Morgan fingerprint density at radius 3 is 2.63 bits per heavy atom. The molecule has 4 nitrogen and oxygen atoms in total. The summed E-state index contributed by atoms with van der Waals surface area (Å²) in [5.74, 6) is 0.0552. The van der Waals surface area contributed by atoms with Crippen LogP contribution >= 0.6 is 11.3 Å². The highest BCUT2D eigenvalue weighted by Gasteiger charge is 2.10. The maximum Gasteiger partial charge on any atom is 0.171 e. The molecular weight excluding hydrogens is 258 g/mol. The van der Waals surface area contributed by atoms with E-state index in [0.29, 0.717) is 12.1 Å². The lowest BCUT2D eigenvalue weighted by molar-refractivity contribution is 0.102. The van der Waals surface area contributed by atoms with Crippen LogP contribution in [0.15, 0.2) is 24.3 Å². The molecule has 1 heterocycles. The van der Waals surface area contributed by atoms with Gasteiger partial charge in [-0.3, -0.25) is 4.79 Å². The number of hydrogen-bond acceptors (Lipinski definition) is 5. The number of nitrogens with one attached hydrogen (secondary N) is 1. The lowest BCUT2D eigenvalue weighted by Crippen LogP contribution is -1.98. The highest BCUT2D eigenvalue weighted by molar-refractivity contribution is 7.13. The Hall–Kier alpha value is -2.19. The monoisotopic (exact) mass is 271 g/mol. The van der Waals surface area contributed by atoms with Crippen LogP contribution in [-0.4, -0.2) is 10.8 Å². The van der Waals surface area contributed by atoms with Crippen molar-refractivity contribution in [2.75, 3.05) is 5.32 Å². The third-order valence-corrected chi connectivity index (χ3v) is 3.88. The van der Waals surface area contributed by atoms with Crippen LogP contribution in [0.25, 0.3) is 0 Å². The normalized spacial score (nSPS) is 9.95. The van der Waals surface area contributed by atoms with Gasteiger partial charge in [0.25, 0.3) is 0 Å². The molecule has 19 heavy (non-hydrogen) atoms. The van der Waals surface area contributed by atoms with E-state index >= 15 is 0 Å².